The van der Waals surface area contributed by atoms with Gasteiger partial charge in [-0.2, -0.15) is 6.07 Å². The van der Waals surface area contributed by atoms with Crippen molar-refractivity contribution in [2.45, 2.75) is 52.4 Å². The molecular formula is C45H36N6Pt. The van der Waals surface area contributed by atoms with Crippen molar-refractivity contribution in [2.24, 2.45) is 0 Å². The number of rotatable bonds is 2. The van der Waals surface area contributed by atoms with Gasteiger partial charge in [-0.1, -0.05) is 112 Å². The van der Waals surface area contributed by atoms with E-state index in [1.54, 1.807) is 0 Å². The summed E-state index contributed by atoms with van der Waals surface area (Å²) in [7, 11) is 0. The van der Waals surface area contributed by atoms with Crippen molar-refractivity contribution in [2.75, 3.05) is 0 Å². The third-order valence-electron chi connectivity index (χ3n) is 10.2. The Bertz CT molecular complexity index is 3060. The van der Waals surface area contributed by atoms with Gasteiger partial charge >= 0.3 is 21.1 Å². The first kappa shape index (κ1) is 32.6. The molecule has 0 radical (unpaired) electrons. The molecule has 0 spiro atoms. The molecule has 0 amide bonds. The Labute approximate surface area is 316 Å². The Morgan fingerprint density at radius 1 is 0.558 bits per heavy atom. The maximum absolute atomic E-state index is 5.33. The summed E-state index contributed by atoms with van der Waals surface area (Å²) >= 11 is 0. The van der Waals surface area contributed by atoms with E-state index in [0.29, 0.717) is 0 Å². The van der Waals surface area contributed by atoms with Crippen molar-refractivity contribution < 1.29 is 21.1 Å². The van der Waals surface area contributed by atoms with Crippen LogP contribution in [0.2, 0.25) is 0 Å². The van der Waals surface area contributed by atoms with Crippen molar-refractivity contribution in [3.63, 3.8) is 0 Å². The zero-order chi connectivity index (χ0) is 34.8. The number of nitrogens with zero attached hydrogens (tertiary/aromatic N) is 6. The predicted octanol–water partition coefficient (Wildman–Crippen LogP) is 10.8. The minimum Gasteiger partial charge on any atom is -0.352 e. The van der Waals surface area contributed by atoms with Crippen molar-refractivity contribution in [1.82, 2.24) is 28.5 Å². The van der Waals surface area contributed by atoms with Crippen molar-refractivity contribution >= 4 is 71.2 Å². The SMILES string of the molecule is CC(C)(C)c1ccnc(-n2c3[c-]c(-n4c5[c-]c6c(cc5c5ccccc54)nc(C(C)(C)C)n4c5ccccc5nc64)ccc3c3ccccc32)c1.[Pt+2]. The van der Waals surface area contributed by atoms with Crippen LogP contribution in [-0.4, -0.2) is 28.5 Å². The zero-order valence-electron chi connectivity index (χ0n) is 29.9. The molecule has 0 N–H and O–H groups in total. The van der Waals surface area contributed by atoms with Gasteiger partial charge in [-0.3, -0.25) is 9.97 Å². The molecule has 7 heteroatoms. The fourth-order valence-corrected chi connectivity index (χ4v) is 7.77. The zero-order valence-corrected chi connectivity index (χ0v) is 32.2. The summed E-state index contributed by atoms with van der Waals surface area (Å²) < 4.78 is 6.78. The number of hydrogen-bond donors (Lipinski definition) is 0. The van der Waals surface area contributed by atoms with Gasteiger partial charge in [0.05, 0.1) is 16.7 Å². The molecule has 10 rings (SSSR count). The van der Waals surface area contributed by atoms with Crippen molar-refractivity contribution in [3.8, 4) is 11.5 Å². The smallest absolute Gasteiger partial charge is 0.352 e. The van der Waals surface area contributed by atoms with Crippen molar-refractivity contribution in [3.05, 3.63) is 133 Å². The summed E-state index contributed by atoms with van der Waals surface area (Å²) in [5.74, 6) is 1.86. The number of benzene rings is 5. The number of pyridine rings is 1. The molecular weight excluding hydrogens is 820 g/mol. The fraction of sp³-hybridized carbons (Fsp3) is 0.178. The largest absolute Gasteiger partial charge is 2.00 e. The number of hydrogen-bond acceptors (Lipinski definition) is 3. The van der Waals surface area contributed by atoms with E-state index < -0.39 is 0 Å². The third-order valence-corrected chi connectivity index (χ3v) is 10.2. The molecule has 0 bridgehead atoms. The van der Waals surface area contributed by atoms with E-state index >= 15 is 0 Å². The average molecular weight is 856 g/mol. The van der Waals surface area contributed by atoms with E-state index in [-0.39, 0.29) is 31.9 Å². The maximum Gasteiger partial charge on any atom is 2.00 e. The van der Waals surface area contributed by atoms with Crippen LogP contribution in [0.25, 0.3) is 82.7 Å². The summed E-state index contributed by atoms with van der Waals surface area (Å²) in [5, 5.41) is 5.45. The van der Waals surface area contributed by atoms with Crippen LogP contribution in [0.4, 0.5) is 0 Å². The molecule has 0 atom stereocenters. The molecule has 0 saturated carbocycles. The van der Waals surface area contributed by atoms with Crippen LogP contribution in [-0.2, 0) is 31.9 Å². The van der Waals surface area contributed by atoms with Gasteiger partial charge in [-0.25, -0.2) is 4.98 Å². The summed E-state index contributed by atoms with van der Waals surface area (Å²) in [6.45, 7) is 13.4. The molecule has 0 saturated heterocycles. The van der Waals surface area contributed by atoms with Crippen LogP contribution in [0.3, 0.4) is 0 Å². The van der Waals surface area contributed by atoms with Crippen LogP contribution in [0.15, 0.2) is 109 Å². The Hall–Kier alpha value is -5.32. The second kappa shape index (κ2) is 11.3. The third kappa shape index (κ3) is 4.70. The summed E-state index contributed by atoms with van der Waals surface area (Å²) in [6, 6.07) is 44.2. The van der Waals surface area contributed by atoms with Gasteiger partial charge in [0.2, 0.25) is 0 Å². The quantitative estimate of drug-likeness (QED) is 0.163. The van der Waals surface area contributed by atoms with Crippen LogP contribution < -0.4 is 0 Å². The van der Waals surface area contributed by atoms with E-state index in [2.05, 4.69) is 164 Å². The van der Waals surface area contributed by atoms with Crippen molar-refractivity contribution in [1.29, 1.82) is 0 Å². The van der Waals surface area contributed by atoms with Gasteiger partial charge < -0.3 is 13.5 Å². The number of para-hydroxylation sites is 4. The maximum atomic E-state index is 5.33. The predicted molar refractivity (Wildman–Crippen MR) is 210 cm³/mol. The number of imidazole rings is 1. The molecule has 5 heterocycles. The molecule has 10 aromatic rings. The molecule has 6 nitrogen and oxygen atoms in total. The second-order valence-electron chi connectivity index (χ2n) is 15.7. The van der Waals surface area contributed by atoms with Gasteiger partial charge in [0.1, 0.15) is 11.6 Å². The molecule has 256 valence electrons. The molecule has 0 fully saturated rings. The second-order valence-corrected chi connectivity index (χ2v) is 15.7. The van der Waals surface area contributed by atoms with Crippen LogP contribution in [0, 0.1) is 12.1 Å². The normalized spacial score (nSPS) is 12.7. The van der Waals surface area contributed by atoms with E-state index in [0.717, 1.165) is 83.1 Å². The Morgan fingerprint density at radius 3 is 1.94 bits per heavy atom. The van der Waals surface area contributed by atoms with Crippen LogP contribution in [0.5, 0.6) is 0 Å². The molecule has 5 aromatic heterocycles. The van der Waals surface area contributed by atoms with Gasteiger partial charge in [-0.05, 0) is 69.2 Å². The minimum absolute atomic E-state index is 0. The Morgan fingerprint density at radius 2 is 1.21 bits per heavy atom. The topological polar surface area (TPSA) is 52.9 Å². The first-order valence-corrected chi connectivity index (χ1v) is 17.6. The summed E-state index contributed by atoms with van der Waals surface area (Å²) in [4.78, 5) is 15.4. The first-order valence-electron chi connectivity index (χ1n) is 17.6. The number of aromatic nitrogens is 6. The fourth-order valence-electron chi connectivity index (χ4n) is 7.77. The summed E-state index contributed by atoms with van der Waals surface area (Å²) in [6.07, 6.45) is 1.92. The standard InChI is InChI=1S/C45H36N6.Pt/c1-44(2,3)27-21-22-46-41(23-27)50-37-17-11-7-13-29(37)31-20-19-28(24-39(31)50)49-36-16-10-8-14-30(36)32-25-35-33(26-40(32)49)42-47-34-15-9-12-18-38(34)51(42)43(48-35)45(4,5)6;/h7-23,25H,1-6H3;/q-2;+2. The molecule has 0 unspecified atom stereocenters. The summed E-state index contributed by atoms with van der Waals surface area (Å²) in [5.41, 5.74) is 9.86. The molecule has 52 heavy (non-hydrogen) atoms. The van der Waals surface area contributed by atoms with Crippen LogP contribution >= 0.6 is 0 Å². The van der Waals surface area contributed by atoms with Gasteiger partial charge in [0, 0.05) is 22.6 Å². The first-order chi connectivity index (χ1) is 24.6. The monoisotopic (exact) mass is 855 g/mol. The van der Waals surface area contributed by atoms with Gasteiger partial charge in [0.25, 0.3) is 0 Å². The van der Waals surface area contributed by atoms with Gasteiger partial charge in [0.15, 0.2) is 0 Å². The molecule has 0 aliphatic carbocycles. The number of fused-ring (bicyclic) bond motifs is 11. The van der Waals surface area contributed by atoms with Crippen LogP contribution in [0.1, 0.15) is 52.9 Å². The van der Waals surface area contributed by atoms with E-state index in [9.17, 15) is 0 Å². The average Bonchev–Trinajstić information content (AvgIpc) is 3.77. The van der Waals surface area contributed by atoms with E-state index in [1.165, 1.54) is 10.9 Å². The Kier molecular flexibility index (Phi) is 7.10. The molecule has 5 aromatic carbocycles. The van der Waals surface area contributed by atoms with E-state index in [1.807, 2.05) is 12.3 Å². The van der Waals surface area contributed by atoms with Gasteiger partial charge in [-0.15, -0.1) is 29.7 Å². The molecule has 0 aliphatic rings. The van der Waals surface area contributed by atoms with E-state index in [4.69, 9.17) is 15.0 Å². The minimum atomic E-state index is -0.205. The Balaban J connectivity index is 0.00000360. The molecule has 0 aliphatic heterocycles.